The van der Waals surface area contributed by atoms with E-state index in [-0.39, 0.29) is 5.91 Å². The second-order valence-corrected chi connectivity index (χ2v) is 8.23. The van der Waals surface area contributed by atoms with E-state index in [1.165, 1.54) is 6.33 Å². The second-order valence-electron chi connectivity index (χ2n) is 8.23. The molecule has 4 aromatic rings. The Hall–Kier alpha value is -4.43. The van der Waals surface area contributed by atoms with E-state index in [1.54, 1.807) is 19.3 Å². The Bertz CT molecular complexity index is 1350. The zero-order chi connectivity index (χ0) is 26.0. The van der Waals surface area contributed by atoms with E-state index >= 15 is 0 Å². The predicted molar refractivity (Wildman–Crippen MR) is 148 cm³/mol. The number of hydrogen-bond donors (Lipinski definition) is 2. The minimum Gasteiger partial charge on any atom is -0.494 e. The average Bonchev–Trinajstić information content (AvgIpc) is 2.93. The number of amides is 1. The van der Waals surface area contributed by atoms with Crippen molar-refractivity contribution in [1.29, 1.82) is 0 Å². The fraction of sp³-hybridized carbons (Fsp3) is 0.207. The molecule has 0 spiro atoms. The van der Waals surface area contributed by atoms with Crippen LogP contribution in [0, 0.1) is 0 Å². The number of fused-ring (bicyclic) bond motifs is 1. The van der Waals surface area contributed by atoms with E-state index in [0.29, 0.717) is 29.3 Å². The number of benzene rings is 3. The zero-order valence-corrected chi connectivity index (χ0v) is 21.3. The van der Waals surface area contributed by atoms with Gasteiger partial charge in [0.1, 0.15) is 29.4 Å². The van der Waals surface area contributed by atoms with Gasteiger partial charge in [0.25, 0.3) is 0 Å². The summed E-state index contributed by atoms with van der Waals surface area (Å²) in [5, 5.41) is 7.00. The molecule has 0 aliphatic rings. The number of ether oxygens (including phenoxy) is 2. The van der Waals surface area contributed by atoms with Crippen molar-refractivity contribution in [2.75, 3.05) is 37.4 Å². The van der Waals surface area contributed by atoms with Gasteiger partial charge in [0, 0.05) is 29.8 Å². The lowest BCUT2D eigenvalue weighted by Gasteiger charge is -2.15. The Morgan fingerprint density at radius 1 is 0.973 bits per heavy atom. The summed E-state index contributed by atoms with van der Waals surface area (Å²) in [4.78, 5) is 23.6. The van der Waals surface area contributed by atoms with Crippen molar-refractivity contribution in [2.24, 2.45) is 0 Å². The molecule has 0 saturated carbocycles. The molecule has 0 aliphatic heterocycles. The number of hydrogen-bond acceptors (Lipinski definition) is 7. The number of methoxy groups -OCH3 is 1. The molecule has 4 rings (SSSR count). The first-order valence-corrected chi connectivity index (χ1v) is 12.2. The van der Waals surface area contributed by atoms with Crippen molar-refractivity contribution < 1.29 is 14.3 Å². The monoisotopic (exact) mass is 497 g/mol. The topological polar surface area (TPSA) is 88.6 Å². The molecule has 0 saturated heterocycles. The highest BCUT2D eigenvalue weighted by molar-refractivity contribution is 6.03. The van der Waals surface area contributed by atoms with Crippen LogP contribution < -0.4 is 20.1 Å². The van der Waals surface area contributed by atoms with Crippen molar-refractivity contribution >= 4 is 34.0 Å². The van der Waals surface area contributed by atoms with Crippen molar-refractivity contribution in [1.82, 2.24) is 14.9 Å². The molecule has 1 amide bonds. The molecule has 8 nitrogen and oxygen atoms in total. The van der Waals surface area contributed by atoms with E-state index in [9.17, 15) is 4.79 Å². The van der Waals surface area contributed by atoms with Gasteiger partial charge >= 0.3 is 0 Å². The minimum absolute atomic E-state index is 0.231. The highest BCUT2D eigenvalue weighted by Crippen LogP contribution is 2.33. The normalized spacial score (nSPS) is 11.1. The number of carbonyl (C=O) groups is 1. The number of anilines is 3. The van der Waals surface area contributed by atoms with Gasteiger partial charge in [-0.05, 0) is 55.6 Å². The third kappa shape index (κ3) is 6.83. The average molecular weight is 498 g/mol. The van der Waals surface area contributed by atoms with Gasteiger partial charge < -0.3 is 25.0 Å². The van der Waals surface area contributed by atoms with Crippen molar-refractivity contribution in [3.05, 3.63) is 85.2 Å². The van der Waals surface area contributed by atoms with Gasteiger partial charge in [-0.1, -0.05) is 38.1 Å². The number of nitrogens with one attached hydrogen (secondary N) is 2. The van der Waals surface area contributed by atoms with Crippen molar-refractivity contribution in [2.45, 2.75) is 13.8 Å². The lowest BCUT2D eigenvalue weighted by molar-refractivity contribution is -0.111. The predicted octanol–water partition coefficient (Wildman–Crippen LogP) is 6.01. The summed E-state index contributed by atoms with van der Waals surface area (Å²) >= 11 is 0. The standard InChI is InChI=1S/C29H31N5O3/c1-4-34(5-2)17-9-12-28(35)33-26-18-24-25(19-27(26)36-3)30-20-31-29(24)32-21-13-15-23(16-14-21)37-22-10-7-6-8-11-22/h6-16,18-20H,4-5,17H2,1-3H3,(H,33,35)(H,30,31,32)/b12-9+. The molecular weight excluding hydrogens is 466 g/mol. The molecule has 1 heterocycles. The van der Waals surface area contributed by atoms with E-state index in [2.05, 4.69) is 39.3 Å². The van der Waals surface area contributed by atoms with E-state index < -0.39 is 0 Å². The largest absolute Gasteiger partial charge is 0.494 e. The molecule has 0 unspecified atom stereocenters. The van der Waals surface area contributed by atoms with E-state index in [4.69, 9.17) is 9.47 Å². The molecule has 8 heteroatoms. The van der Waals surface area contributed by atoms with Crippen LogP contribution >= 0.6 is 0 Å². The highest BCUT2D eigenvalue weighted by Gasteiger charge is 2.12. The molecule has 0 fully saturated rings. The molecular formula is C29H31N5O3. The first-order valence-electron chi connectivity index (χ1n) is 12.2. The van der Waals surface area contributed by atoms with E-state index in [1.807, 2.05) is 66.7 Å². The third-order valence-corrected chi connectivity index (χ3v) is 5.84. The third-order valence-electron chi connectivity index (χ3n) is 5.84. The summed E-state index contributed by atoms with van der Waals surface area (Å²) < 4.78 is 11.4. The molecule has 3 aromatic carbocycles. The van der Waals surface area contributed by atoms with Gasteiger partial charge in [-0.15, -0.1) is 0 Å². The summed E-state index contributed by atoms with van der Waals surface area (Å²) in [5.74, 6) is 2.40. The molecule has 1 aromatic heterocycles. The Kier molecular flexibility index (Phi) is 8.67. The van der Waals surface area contributed by atoms with Gasteiger partial charge in [-0.3, -0.25) is 4.79 Å². The Morgan fingerprint density at radius 2 is 1.70 bits per heavy atom. The molecule has 0 atom stereocenters. The lowest BCUT2D eigenvalue weighted by Crippen LogP contribution is -2.23. The Labute approximate surface area is 217 Å². The van der Waals surface area contributed by atoms with Gasteiger partial charge in [0.2, 0.25) is 5.91 Å². The summed E-state index contributed by atoms with van der Waals surface area (Å²) in [6, 6.07) is 20.8. The summed E-state index contributed by atoms with van der Waals surface area (Å²) in [6.45, 7) is 6.77. The number of nitrogens with zero attached hydrogens (tertiary/aromatic N) is 3. The van der Waals surface area contributed by atoms with Crippen LogP contribution in [0.3, 0.4) is 0 Å². The number of likely N-dealkylation sites (N-methyl/N-ethyl adjacent to an activating group) is 1. The summed E-state index contributed by atoms with van der Waals surface area (Å²) in [7, 11) is 1.56. The van der Waals surface area contributed by atoms with Crippen LogP contribution in [0.1, 0.15) is 13.8 Å². The highest BCUT2D eigenvalue weighted by atomic mass is 16.5. The number of para-hydroxylation sites is 1. The first kappa shape index (κ1) is 25.7. The molecule has 190 valence electrons. The summed E-state index contributed by atoms with van der Waals surface area (Å²) in [6.07, 6.45) is 4.89. The molecule has 0 radical (unpaired) electrons. The molecule has 2 N–H and O–H groups in total. The van der Waals surface area contributed by atoms with Crippen LogP contribution in [-0.2, 0) is 4.79 Å². The second kappa shape index (κ2) is 12.5. The number of aromatic nitrogens is 2. The lowest BCUT2D eigenvalue weighted by atomic mass is 10.1. The minimum atomic E-state index is -0.231. The fourth-order valence-electron chi connectivity index (χ4n) is 3.78. The van der Waals surface area contributed by atoms with Crippen LogP contribution in [0.2, 0.25) is 0 Å². The molecule has 37 heavy (non-hydrogen) atoms. The van der Waals surface area contributed by atoms with Crippen LogP contribution in [0.15, 0.2) is 85.2 Å². The SMILES string of the molecule is CCN(CC)C/C=C/C(=O)Nc1cc2c(Nc3ccc(Oc4ccccc4)cc3)ncnc2cc1OC. The van der Waals surface area contributed by atoms with Crippen LogP contribution in [0.5, 0.6) is 17.2 Å². The van der Waals surface area contributed by atoms with Crippen molar-refractivity contribution in [3.63, 3.8) is 0 Å². The fourth-order valence-corrected chi connectivity index (χ4v) is 3.78. The van der Waals surface area contributed by atoms with Gasteiger partial charge in [-0.25, -0.2) is 9.97 Å². The first-order chi connectivity index (χ1) is 18.1. The maximum atomic E-state index is 12.6. The van der Waals surface area contributed by atoms with E-state index in [0.717, 1.165) is 35.7 Å². The molecule has 0 bridgehead atoms. The molecule has 0 aliphatic carbocycles. The van der Waals surface area contributed by atoms with Crippen LogP contribution in [0.4, 0.5) is 17.2 Å². The van der Waals surface area contributed by atoms with Gasteiger partial charge in [-0.2, -0.15) is 0 Å². The number of rotatable bonds is 11. The maximum absolute atomic E-state index is 12.6. The number of carbonyl (C=O) groups excluding carboxylic acids is 1. The quantitative estimate of drug-likeness (QED) is 0.245. The van der Waals surface area contributed by atoms with Crippen LogP contribution in [-0.4, -0.2) is 47.5 Å². The Balaban J connectivity index is 1.52. The van der Waals surface area contributed by atoms with Gasteiger partial charge in [0.05, 0.1) is 18.3 Å². The van der Waals surface area contributed by atoms with Gasteiger partial charge in [0.15, 0.2) is 0 Å². The van der Waals surface area contributed by atoms with Crippen molar-refractivity contribution in [3.8, 4) is 17.2 Å². The zero-order valence-electron chi connectivity index (χ0n) is 21.3. The smallest absolute Gasteiger partial charge is 0.248 e. The van der Waals surface area contributed by atoms with Crippen LogP contribution in [0.25, 0.3) is 10.9 Å². The summed E-state index contributed by atoms with van der Waals surface area (Å²) in [5.41, 5.74) is 2.06. The maximum Gasteiger partial charge on any atom is 0.248 e. The Morgan fingerprint density at radius 3 is 2.41 bits per heavy atom.